The standard InChI is InChI=1S/C16H20N2O2/c1-12-4-5-14(13(2)10-12)18(3)15(19)16(11-17)6-8-20-9-7-16/h4-5,10H,6-9H2,1-3H3. The Morgan fingerprint density at radius 1 is 1.35 bits per heavy atom. The van der Waals surface area contributed by atoms with Crippen LogP contribution in [0.1, 0.15) is 24.0 Å². The normalized spacial score (nSPS) is 17.3. The molecule has 1 saturated heterocycles. The highest BCUT2D eigenvalue weighted by Crippen LogP contribution is 2.34. The number of rotatable bonds is 2. The summed E-state index contributed by atoms with van der Waals surface area (Å²) in [6.07, 6.45) is 0.940. The SMILES string of the molecule is Cc1ccc(N(C)C(=O)C2(C#N)CCOCC2)c(C)c1. The van der Waals surface area contributed by atoms with Gasteiger partial charge in [0.05, 0.1) is 6.07 Å². The van der Waals surface area contributed by atoms with E-state index >= 15 is 0 Å². The Balaban J connectivity index is 2.30. The summed E-state index contributed by atoms with van der Waals surface area (Å²) < 4.78 is 5.28. The van der Waals surface area contributed by atoms with Gasteiger partial charge in [0.25, 0.3) is 0 Å². The Morgan fingerprint density at radius 3 is 2.55 bits per heavy atom. The van der Waals surface area contributed by atoms with Crippen LogP contribution in [0.5, 0.6) is 0 Å². The highest BCUT2D eigenvalue weighted by Gasteiger charge is 2.42. The first-order valence-electron chi connectivity index (χ1n) is 6.84. The van der Waals surface area contributed by atoms with Crippen LogP contribution >= 0.6 is 0 Å². The predicted octanol–water partition coefficient (Wildman–Crippen LogP) is 2.59. The summed E-state index contributed by atoms with van der Waals surface area (Å²) in [6, 6.07) is 8.19. The second-order valence-corrected chi connectivity index (χ2v) is 5.46. The van der Waals surface area contributed by atoms with Crippen molar-refractivity contribution >= 4 is 11.6 Å². The maximum absolute atomic E-state index is 12.7. The predicted molar refractivity (Wildman–Crippen MR) is 77.4 cm³/mol. The molecular weight excluding hydrogens is 252 g/mol. The van der Waals surface area contributed by atoms with Gasteiger partial charge in [0.15, 0.2) is 0 Å². The molecule has 2 rings (SSSR count). The molecule has 1 fully saturated rings. The number of nitriles is 1. The largest absolute Gasteiger partial charge is 0.381 e. The average molecular weight is 272 g/mol. The molecule has 4 nitrogen and oxygen atoms in total. The lowest BCUT2D eigenvalue weighted by Crippen LogP contribution is -2.45. The summed E-state index contributed by atoms with van der Waals surface area (Å²) in [5.74, 6) is -0.129. The van der Waals surface area contributed by atoms with Crippen molar-refractivity contribution in [3.8, 4) is 6.07 Å². The first kappa shape index (κ1) is 14.5. The van der Waals surface area contributed by atoms with Gasteiger partial charge in [-0.1, -0.05) is 17.7 Å². The molecule has 0 radical (unpaired) electrons. The van der Waals surface area contributed by atoms with E-state index in [-0.39, 0.29) is 5.91 Å². The van der Waals surface area contributed by atoms with Gasteiger partial charge < -0.3 is 9.64 Å². The number of carbonyl (C=O) groups excluding carboxylic acids is 1. The van der Waals surface area contributed by atoms with Crippen LogP contribution in [0.25, 0.3) is 0 Å². The van der Waals surface area contributed by atoms with Gasteiger partial charge in [0.1, 0.15) is 5.41 Å². The summed E-state index contributed by atoms with van der Waals surface area (Å²) >= 11 is 0. The number of nitrogens with zero attached hydrogens (tertiary/aromatic N) is 2. The molecule has 1 heterocycles. The zero-order chi connectivity index (χ0) is 14.8. The molecule has 4 heteroatoms. The third-order valence-electron chi connectivity index (χ3n) is 3.99. The molecule has 0 aromatic heterocycles. The van der Waals surface area contributed by atoms with Crippen LogP contribution in [-0.2, 0) is 9.53 Å². The van der Waals surface area contributed by atoms with E-state index in [9.17, 15) is 10.1 Å². The van der Waals surface area contributed by atoms with Crippen molar-refractivity contribution in [3.05, 3.63) is 29.3 Å². The first-order chi connectivity index (χ1) is 9.50. The highest BCUT2D eigenvalue weighted by atomic mass is 16.5. The minimum Gasteiger partial charge on any atom is -0.381 e. The van der Waals surface area contributed by atoms with Crippen molar-refractivity contribution in [3.63, 3.8) is 0 Å². The van der Waals surface area contributed by atoms with Gasteiger partial charge in [-0.25, -0.2) is 0 Å². The molecule has 1 aromatic carbocycles. The summed E-state index contributed by atoms with van der Waals surface area (Å²) in [5.41, 5.74) is 2.13. The minimum atomic E-state index is -0.940. The van der Waals surface area contributed by atoms with E-state index in [4.69, 9.17) is 4.74 Å². The smallest absolute Gasteiger partial charge is 0.247 e. The summed E-state index contributed by atoms with van der Waals surface area (Å²) in [6.45, 7) is 4.95. The van der Waals surface area contributed by atoms with Crippen LogP contribution in [0.15, 0.2) is 18.2 Å². The maximum atomic E-state index is 12.7. The molecule has 0 N–H and O–H groups in total. The van der Waals surface area contributed by atoms with Crippen LogP contribution in [-0.4, -0.2) is 26.2 Å². The highest BCUT2D eigenvalue weighted by molar-refractivity contribution is 5.99. The number of aryl methyl sites for hydroxylation is 2. The fourth-order valence-electron chi connectivity index (χ4n) is 2.71. The van der Waals surface area contributed by atoms with Gasteiger partial charge >= 0.3 is 0 Å². The van der Waals surface area contributed by atoms with Crippen LogP contribution in [0.4, 0.5) is 5.69 Å². The number of hydrogen-bond donors (Lipinski definition) is 0. The molecule has 0 saturated carbocycles. The van der Waals surface area contributed by atoms with Gasteiger partial charge in [0.2, 0.25) is 5.91 Å². The topological polar surface area (TPSA) is 53.3 Å². The number of ether oxygens (including phenoxy) is 1. The number of benzene rings is 1. The van der Waals surface area contributed by atoms with Gasteiger partial charge in [-0.2, -0.15) is 5.26 Å². The number of amides is 1. The zero-order valence-corrected chi connectivity index (χ0v) is 12.3. The number of anilines is 1. The number of hydrogen-bond acceptors (Lipinski definition) is 3. The van der Waals surface area contributed by atoms with Crippen LogP contribution < -0.4 is 4.90 Å². The Bertz CT molecular complexity index is 554. The van der Waals surface area contributed by atoms with Crippen LogP contribution in [0.2, 0.25) is 0 Å². The Kier molecular flexibility index (Phi) is 4.10. The number of carbonyl (C=O) groups is 1. The monoisotopic (exact) mass is 272 g/mol. The Labute approximate surface area is 120 Å². The minimum absolute atomic E-state index is 0.129. The van der Waals surface area contributed by atoms with Crippen LogP contribution in [0.3, 0.4) is 0 Å². The van der Waals surface area contributed by atoms with Crippen molar-refractivity contribution in [2.45, 2.75) is 26.7 Å². The molecule has 106 valence electrons. The molecule has 1 aliphatic rings. The Hall–Kier alpha value is -1.86. The van der Waals surface area contributed by atoms with E-state index in [0.717, 1.165) is 16.8 Å². The second-order valence-electron chi connectivity index (χ2n) is 5.46. The molecule has 1 amide bonds. The zero-order valence-electron chi connectivity index (χ0n) is 12.3. The van der Waals surface area contributed by atoms with Crippen molar-refractivity contribution in [1.29, 1.82) is 5.26 Å². The van der Waals surface area contributed by atoms with Gasteiger partial charge in [0, 0.05) is 25.9 Å². The van der Waals surface area contributed by atoms with Crippen molar-refractivity contribution in [2.24, 2.45) is 5.41 Å². The molecule has 0 unspecified atom stereocenters. The van der Waals surface area contributed by atoms with E-state index in [1.54, 1.807) is 11.9 Å². The molecule has 0 bridgehead atoms. The lowest BCUT2D eigenvalue weighted by atomic mass is 9.80. The summed E-state index contributed by atoms with van der Waals surface area (Å²) in [5, 5.41) is 9.47. The van der Waals surface area contributed by atoms with E-state index in [1.165, 1.54) is 0 Å². The van der Waals surface area contributed by atoms with E-state index < -0.39 is 5.41 Å². The Morgan fingerprint density at radius 2 is 2.00 bits per heavy atom. The lowest BCUT2D eigenvalue weighted by Gasteiger charge is -2.33. The molecule has 1 aliphatic heterocycles. The molecular formula is C16H20N2O2. The first-order valence-corrected chi connectivity index (χ1v) is 6.84. The lowest BCUT2D eigenvalue weighted by molar-refractivity contribution is -0.129. The molecule has 20 heavy (non-hydrogen) atoms. The summed E-state index contributed by atoms with van der Waals surface area (Å²) in [4.78, 5) is 14.4. The van der Waals surface area contributed by atoms with Crippen molar-refractivity contribution < 1.29 is 9.53 Å². The summed E-state index contributed by atoms with van der Waals surface area (Å²) in [7, 11) is 1.74. The molecule has 0 atom stereocenters. The van der Waals surface area contributed by atoms with E-state index in [1.807, 2.05) is 32.0 Å². The fraction of sp³-hybridized carbons (Fsp3) is 0.500. The maximum Gasteiger partial charge on any atom is 0.247 e. The average Bonchev–Trinajstić information content (AvgIpc) is 2.46. The van der Waals surface area contributed by atoms with Crippen molar-refractivity contribution in [2.75, 3.05) is 25.2 Å². The van der Waals surface area contributed by atoms with Gasteiger partial charge in [-0.05, 0) is 38.3 Å². The van der Waals surface area contributed by atoms with Gasteiger partial charge in [-0.3, -0.25) is 4.79 Å². The molecule has 0 spiro atoms. The molecule has 0 aliphatic carbocycles. The van der Waals surface area contributed by atoms with Crippen LogP contribution in [0, 0.1) is 30.6 Å². The second kappa shape index (κ2) is 5.64. The van der Waals surface area contributed by atoms with Crippen molar-refractivity contribution in [1.82, 2.24) is 0 Å². The van der Waals surface area contributed by atoms with Gasteiger partial charge in [-0.15, -0.1) is 0 Å². The van der Waals surface area contributed by atoms with E-state index in [0.29, 0.717) is 26.1 Å². The quantitative estimate of drug-likeness (QED) is 0.831. The fourth-order valence-corrected chi connectivity index (χ4v) is 2.71. The third kappa shape index (κ3) is 2.54. The third-order valence-corrected chi connectivity index (χ3v) is 3.99. The molecule has 1 aromatic rings. The van der Waals surface area contributed by atoms with E-state index in [2.05, 4.69) is 6.07 Å².